The van der Waals surface area contributed by atoms with Crippen molar-refractivity contribution in [1.82, 2.24) is 10.2 Å². The number of rotatable bonds is 12. The van der Waals surface area contributed by atoms with Crippen LogP contribution in [0.1, 0.15) is 38.3 Å². The summed E-state index contributed by atoms with van der Waals surface area (Å²) < 4.78 is 45.7. The van der Waals surface area contributed by atoms with E-state index in [0.29, 0.717) is 25.0 Å². The Labute approximate surface area is 248 Å². The maximum absolute atomic E-state index is 14.0. The van der Waals surface area contributed by atoms with Gasteiger partial charge in [-0.1, -0.05) is 26.0 Å². The molecule has 0 unspecified atom stereocenters. The second-order valence-corrected chi connectivity index (χ2v) is 11.1. The maximum Gasteiger partial charge on any atom is 0.328 e. The van der Waals surface area contributed by atoms with Gasteiger partial charge in [-0.2, -0.15) is 0 Å². The quantitative estimate of drug-likeness (QED) is 0.244. The van der Waals surface area contributed by atoms with Crippen LogP contribution < -0.4 is 16.4 Å². The van der Waals surface area contributed by atoms with Crippen molar-refractivity contribution in [3.05, 3.63) is 65.0 Å². The number of thioether (sulfide) groups is 1. The van der Waals surface area contributed by atoms with E-state index in [1.807, 2.05) is 38.1 Å². The lowest BCUT2D eigenvalue weighted by molar-refractivity contribution is -0.145. The van der Waals surface area contributed by atoms with Gasteiger partial charge in [-0.15, -0.1) is 24.2 Å². The van der Waals surface area contributed by atoms with Crippen molar-refractivity contribution < 1.29 is 32.3 Å². The molecule has 1 aliphatic rings. The molecule has 1 heterocycles. The molecule has 0 bridgehead atoms. The molecule has 4 N–H and O–H groups in total. The van der Waals surface area contributed by atoms with E-state index >= 15 is 0 Å². The highest BCUT2D eigenvalue weighted by atomic mass is 35.5. The average molecular weight is 617 g/mol. The Morgan fingerprint density at radius 1 is 1.10 bits per heavy atom. The normalized spacial score (nSPS) is 16.1. The van der Waals surface area contributed by atoms with Gasteiger partial charge in [0.2, 0.25) is 5.91 Å². The van der Waals surface area contributed by atoms with E-state index in [1.165, 1.54) is 16.7 Å². The predicted octanol–water partition coefficient (Wildman–Crippen LogP) is 4.00. The molecule has 2 aromatic carbocycles. The largest absolute Gasteiger partial charge is 0.464 e. The number of nitrogens with two attached hydrogens (primary N) is 1. The third-order valence-corrected chi connectivity index (χ3v) is 7.60. The van der Waals surface area contributed by atoms with Crippen LogP contribution in [0.5, 0.6) is 0 Å². The molecule has 0 spiro atoms. The van der Waals surface area contributed by atoms with Gasteiger partial charge in [-0.05, 0) is 48.6 Å². The monoisotopic (exact) mass is 616 g/mol. The molecule has 0 aliphatic carbocycles. The Morgan fingerprint density at radius 2 is 1.76 bits per heavy atom. The average Bonchev–Trinajstić information content (AvgIpc) is 3.40. The number of benzene rings is 2. The van der Waals surface area contributed by atoms with Crippen LogP contribution in [0.15, 0.2) is 36.4 Å². The van der Waals surface area contributed by atoms with Crippen LogP contribution in [-0.2, 0) is 32.1 Å². The Morgan fingerprint density at radius 3 is 2.39 bits per heavy atom. The van der Waals surface area contributed by atoms with Gasteiger partial charge >= 0.3 is 5.97 Å². The molecule has 3 atom stereocenters. The van der Waals surface area contributed by atoms with Gasteiger partial charge in [0.1, 0.15) is 11.9 Å². The van der Waals surface area contributed by atoms with Crippen molar-refractivity contribution in [3.63, 3.8) is 0 Å². The van der Waals surface area contributed by atoms with E-state index in [0.717, 1.165) is 17.3 Å². The van der Waals surface area contributed by atoms with E-state index in [-0.39, 0.29) is 61.1 Å². The SMILES string of the molecule is CCOC(=O)[C@@H](Nc1ccc(CNC(=O)[C@@H]2SCCN2C(=O)C[C@H](N)Cc2cc(F)c(F)cc2F)cc1)C(C)C.Cl. The second-order valence-electron chi connectivity index (χ2n) is 9.87. The van der Waals surface area contributed by atoms with Gasteiger partial charge in [-0.3, -0.25) is 9.59 Å². The number of hydrogen-bond donors (Lipinski definition) is 3. The Bertz CT molecular complexity index is 1210. The summed E-state index contributed by atoms with van der Waals surface area (Å²) in [5.41, 5.74) is 7.46. The van der Waals surface area contributed by atoms with Gasteiger partial charge < -0.3 is 26.0 Å². The minimum atomic E-state index is -1.30. The molecular weight excluding hydrogens is 581 g/mol. The fraction of sp³-hybridized carbons (Fsp3) is 0.464. The van der Waals surface area contributed by atoms with E-state index in [2.05, 4.69) is 10.6 Å². The van der Waals surface area contributed by atoms with Gasteiger partial charge in [-0.25, -0.2) is 18.0 Å². The van der Waals surface area contributed by atoms with Crippen molar-refractivity contribution >= 4 is 47.6 Å². The minimum Gasteiger partial charge on any atom is -0.464 e. The molecular formula is C28H36ClF3N4O4S. The third-order valence-electron chi connectivity index (χ3n) is 6.39. The van der Waals surface area contributed by atoms with Gasteiger partial charge in [0.05, 0.1) is 6.61 Å². The standard InChI is InChI=1S/C28H35F3N4O4S.ClH/c1-4-39-28(38)25(16(2)3)34-20-7-5-17(6-8-20)15-33-26(37)27-35(9-10-40-27)24(36)13-19(32)11-18-12-22(30)23(31)14-21(18)29;/h5-8,12,14,16,19,25,27,34H,4,9-11,13,15,32H2,1-3H3,(H,33,37);1H/t19-,25+,27+;/m1./s1. The van der Waals surface area contributed by atoms with Crippen molar-refractivity contribution in [2.24, 2.45) is 11.7 Å². The molecule has 8 nitrogen and oxygen atoms in total. The minimum absolute atomic E-state index is 0. The molecule has 0 aromatic heterocycles. The first-order chi connectivity index (χ1) is 19.0. The number of esters is 1. The van der Waals surface area contributed by atoms with Crippen molar-refractivity contribution in [2.75, 3.05) is 24.2 Å². The summed E-state index contributed by atoms with van der Waals surface area (Å²) in [4.78, 5) is 39.4. The number of hydrogen-bond acceptors (Lipinski definition) is 7. The molecule has 3 rings (SSSR count). The molecule has 0 saturated carbocycles. The highest BCUT2D eigenvalue weighted by Gasteiger charge is 2.35. The smallest absolute Gasteiger partial charge is 0.328 e. The van der Waals surface area contributed by atoms with Crippen molar-refractivity contribution in [3.8, 4) is 0 Å². The maximum atomic E-state index is 14.0. The number of carbonyl (C=O) groups is 3. The Balaban J connectivity index is 0.00000588. The lowest BCUT2D eigenvalue weighted by Gasteiger charge is -2.24. The highest BCUT2D eigenvalue weighted by molar-refractivity contribution is 8.00. The van der Waals surface area contributed by atoms with Crippen LogP contribution in [0.2, 0.25) is 0 Å². The summed E-state index contributed by atoms with van der Waals surface area (Å²) in [5, 5.41) is 5.29. The van der Waals surface area contributed by atoms with E-state index in [4.69, 9.17) is 10.5 Å². The Kier molecular flexibility index (Phi) is 13.3. The first-order valence-electron chi connectivity index (χ1n) is 13.1. The lowest BCUT2D eigenvalue weighted by Crippen LogP contribution is -2.46. The van der Waals surface area contributed by atoms with Crippen molar-refractivity contribution in [2.45, 2.75) is 57.6 Å². The van der Waals surface area contributed by atoms with Crippen molar-refractivity contribution in [1.29, 1.82) is 0 Å². The number of nitrogens with zero attached hydrogens (tertiary/aromatic N) is 1. The van der Waals surface area contributed by atoms with Gasteiger partial charge in [0.15, 0.2) is 17.0 Å². The highest BCUT2D eigenvalue weighted by Crippen LogP contribution is 2.26. The predicted molar refractivity (Wildman–Crippen MR) is 155 cm³/mol. The zero-order valence-corrected chi connectivity index (χ0v) is 24.8. The topological polar surface area (TPSA) is 114 Å². The molecule has 2 aromatic rings. The number of nitrogens with one attached hydrogen (secondary N) is 2. The van der Waals surface area contributed by atoms with E-state index < -0.39 is 34.9 Å². The molecule has 0 radical (unpaired) electrons. The van der Waals surface area contributed by atoms with Crippen LogP contribution in [-0.4, -0.2) is 59.0 Å². The van der Waals surface area contributed by atoms with Crippen LogP contribution in [0.25, 0.3) is 0 Å². The summed E-state index contributed by atoms with van der Waals surface area (Å²) in [6.07, 6.45) is -0.338. The molecule has 2 amide bonds. The molecule has 1 aliphatic heterocycles. The second kappa shape index (κ2) is 15.9. The fourth-order valence-corrected chi connectivity index (χ4v) is 5.43. The summed E-state index contributed by atoms with van der Waals surface area (Å²) >= 11 is 1.32. The number of carbonyl (C=O) groups excluding carboxylic acids is 3. The summed E-state index contributed by atoms with van der Waals surface area (Å²) in [5.74, 6) is -3.86. The summed E-state index contributed by atoms with van der Waals surface area (Å²) in [7, 11) is 0. The van der Waals surface area contributed by atoms with E-state index in [9.17, 15) is 27.6 Å². The molecule has 226 valence electrons. The van der Waals surface area contributed by atoms with Gasteiger partial charge in [0, 0.05) is 43.1 Å². The van der Waals surface area contributed by atoms with E-state index in [1.54, 1.807) is 6.92 Å². The molecule has 1 fully saturated rings. The molecule has 41 heavy (non-hydrogen) atoms. The van der Waals surface area contributed by atoms with Crippen LogP contribution in [0.4, 0.5) is 18.9 Å². The number of anilines is 1. The Hall–Kier alpha value is -2.96. The van der Waals surface area contributed by atoms with Gasteiger partial charge in [0.25, 0.3) is 5.91 Å². The third kappa shape index (κ3) is 9.54. The fourth-order valence-electron chi connectivity index (χ4n) is 4.26. The summed E-state index contributed by atoms with van der Waals surface area (Å²) in [6, 6.07) is 7.14. The first-order valence-corrected chi connectivity index (χ1v) is 14.1. The number of ether oxygens (including phenoxy) is 1. The lowest BCUT2D eigenvalue weighted by atomic mass is 10.0. The van der Waals surface area contributed by atoms with Crippen LogP contribution in [0, 0.1) is 23.4 Å². The van der Waals surface area contributed by atoms with Crippen LogP contribution >= 0.6 is 24.2 Å². The zero-order chi connectivity index (χ0) is 29.4. The first kappa shape index (κ1) is 34.2. The number of halogens is 4. The molecule has 13 heteroatoms. The zero-order valence-electron chi connectivity index (χ0n) is 23.1. The van der Waals surface area contributed by atoms with Crippen LogP contribution in [0.3, 0.4) is 0 Å². The molecule has 1 saturated heterocycles. The summed E-state index contributed by atoms with van der Waals surface area (Å²) in [6.45, 7) is 6.49. The number of amides is 2.